The normalized spacial score (nSPS) is 15.1. The zero-order valence-electron chi connectivity index (χ0n) is 23.4. The molecule has 0 saturated carbocycles. The largest absolute Gasteiger partial charge is 0.468 e. The first-order valence-corrected chi connectivity index (χ1v) is 16.5. The van der Waals surface area contributed by atoms with Crippen LogP contribution in [0.5, 0.6) is 0 Å². The lowest BCUT2D eigenvalue weighted by Gasteiger charge is -2.18. The number of amides is 2. The van der Waals surface area contributed by atoms with Gasteiger partial charge in [0.25, 0.3) is 11.6 Å². The van der Waals surface area contributed by atoms with Gasteiger partial charge in [-0.3, -0.25) is 24.5 Å². The number of nitrogens with one attached hydrogen (secondary N) is 1. The Balaban J connectivity index is 1.55. The molecule has 1 unspecified atom stereocenters. The first-order valence-electron chi connectivity index (χ1n) is 13.1. The van der Waals surface area contributed by atoms with Gasteiger partial charge in [-0.15, -0.1) is 11.3 Å². The summed E-state index contributed by atoms with van der Waals surface area (Å²) in [6.45, 7) is 3.48. The lowest BCUT2D eigenvalue weighted by Crippen LogP contribution is -2.29. The van der Waals surface area contributed by atoms with E-state index in [1.165, 1.54) is 34.1 Å². The van der Waals surface area contributed by atoms with E-state index in [0.717, 1.165) is 41.7 Å². The number of carbonyl (C=O) groups excluding carboxylic acids is 4. The minimum absolute atomic E-state index is 0.0805. The molecule has 0 fully saturated rings. The number of non-ortho nitro benzene ring substituents is 1. The highest BCUT2D eigenvalue weighted by atomic mass is 32.2. The van der Waals surface area contributed by atoms with E-state index in [-0.39, 0.29) is 34.2 Å². The van der Waals surface area contributed by atoms with Gasteiger partial charge in [-0.1, -0.05) is 18.3 Å². The number of methoxy groups -OCH3 is 1. The molecule has 2 amide bonds. The van der Waals surface area contributed by atoms with Gasteiger partial charge in [-0.05, 0) is 43.7 Å². The molecule has 1 atom stereocenters. The van der Waals surface area contributed by atoms with Crippen molar-refractivity contribution < 1.29 is 42.0 Å². The van der Waals surface area contributed by atoms with Gasteiger partial charge in [-0.25, -0.2) is 13.2 Å². The van der Waals surface area contributed by atoms with E-state index in [4.69, 9.17) is 4.74 Å². The minimum atomic E-state index is -4.32. The van der Waals surface area contributed by atoms with E-state index in [1.807, 2.05) is 0 Å². The fraction of sp³-hybridized carbons (Fsp3) is 0.423. The number of rotatable bonds is 10. The first-order chi connectivity index (χ1) is 20.3. The fourth-order valence-corrected chi connectivity index (χ4v) is 8.12. The van der Waals surface area contributed by atoms with Crippen molar-refractivity contribution >= 4 is 77.2 Å². The van der Waals surface area contributed by atoms with Gasteiger partial charge in [0.05, 0.1) is 34.4 Å². The van der Waals surface area contributed by atoms with Crippen LogP contribution in [0.15, 0.2) is 23.2 Å². The van der Waals surface area contributed by atoms with E-state index in [1.54, 1.807) is 6.92 Å². The van der Waals surface area contributed by atoms with Crippen LogP contribution in [0.2, 0.25) is 0 Å². The zero-order valence-corrected chi connectivity index (χ0v) is 25.9. The zero-order chi connectivity index (χ0) is 31.5. The predicted octanol–water partition coefficient (Wildman–Crippen LogP) is 2.63. The van der Waals surface area contributed by atoms with Crippen LogP contribution >= 0.6 is 22.7 Å². The van der Waals surface area contributed by atoms with Crippen LogP contribution in [0.4, 0.5) is 10.7 Å². The number of ether oxygens (including phenoxy) is 2. The molecule has 1 aliphatic carbocycles. The summed E-state index contributed by atoms with van der Waals surface area (Å²) in [5, 5.41) is 13.9. The predicted molar refractivity (Wildman–Crippen MR) is 158 cm³/mol. The summed E-state index contributed by atoms with van der Waals surface area (Å²) in [5.41, 5.74) is 1.14. The van der Waals surface area contributed by atoms with Gasteiger partial charge in [0, 0.05) is 17.0 Å². The van der Waals surface area contributed by atoms with Crippen molar-refractivity contribution in [1.29, 1.82) is 0 Å². The number of thiophene rings is 1. The van der Waals surface area contributed by atoms with Gasteiger partial charge >= 0.3 is 11.9 Å². The Kier molecular flexibility index (Phi) is 9.76. The number of nitro benzene ring substituents is 1. The van der Waals surface area contributed by atoms with Crippen molar-refractivity contribution in [3.63, 3.8) is 0 Å². The van der Waals surface area contributed by atoms with Crippen LogP contribution in [0, 0.1) is 16.0 Å². The number of nitrogens with zero attached hydrogens (tertiary/aromatic N) is 3. The van der Waals surface area contributed by atoms with E-state index in [0.29, 0.717) is 22.6 Å². The van der Waals surface area contributed by atoms with Crippen LogP contribution in [0.1, 0.15) is 41.1 Å². The summed E-state index contributed by atoms with van der Waals surface area (Å²) in [6, 6.07) is 3.84. The third kappa shape index (κ3) is 7.52. The standard InChI is InChI=1S/C26H28N4O10S3/c1-4-40-25(34)23-16-7-5-14(2)9-18(16)41-24(23)27-20(31)12-43(37,38)13-21(32)28-26-29(11-22(33)39-3)17-8-6-15(30(35)36)10-19(17)42-26/h6,8,10,14H,4-5,7,9,11-13H2,1-3H3,(H,27,31). The molecular formula is C26H28N4O10S3. The Morgan fingerprint density at radius 3 is 2.63 bits per heavy atom. The molecule has 0 bridgehead atoms. The molecule has 1 N–H and O–H groups in total. The molecule has 17 heteroatoms. The van der Waals surface area contributed by atoms with Gasteiger partial charge in [0.1, 0.15) is 23.1 Å². The lowest BCUT2D eigenvalue weighted by atomic mass is 9.88. The summed E-state index contributed by atoms with van der Waals surface area (Å²) >= 11 is 2.05. The number of nitro groups is 1. The van der Waals surface area contributed by atoms with Crippen LogP contribution < -0.4 is 10.1 Å². The van der Waals surface area contributed by atoms with Crippen LogP contribution in [-0.2, 0) is 53.1 Å². The molecular weight excluding hydrogens is 625 g/mol. The molecule has 230 valence electrons. The quantitative estimate of drug-likeness (QED) is 0.193. The SMILES string of the molecule is CCOC(=O)c1c(NC(=O)CS(=O)(=O)CC(=O)N=c2sc3cc([N+](=O)[O-])ccc3n2CC(=O)OC)sc2c1CCC(C)C2. The van der Waals surface area contributed by atoms with Crippen molar-refractivity contribution in [2.45, 2.75) is 39.7 Å². The summed E-state index contributed by atoms with van der Waals surface area (Å²) in [4.78, 5) is 65.5. The maximum absolute atomic E-state index is 12.8. The Hall–Kier alpha value is -3.96. The molecule has 4 rings (SSSR count). The van der Waals surface area contributed by atoms with Gasteiger partial charge in [0.15, 0.2) is 14.6 Å². The molecule has 0 radical (unpaired) electrons. The highest BCUT2D eigenvalue weighted by Gasteiger charge is 2.30. The molecule has 2 heterocycles. The molecule has 0 spiro atoms. The van der Waals surface area contributed by atoms with Crippen LogP contribution in [0.3, 0.4) is 0 Å². The summed E-state index contributed by atoms with van der Waals surface area (Å²) in [6.07, 6.45) is 2.21. The molecule has 0 saturated heterocycles. The number of fused-ring (bicyclic) bond motifs is 2. The highest BCUT2D eigenvalue weighted by Crippen LogP contribution is 2.40. The number of benzene rings is 1. The second kappa shape index (κ2) is 13.1. The molecule has 14 nitrogen and oxygen atoms in total. The molecule has 2 aromatic heterocycles. The van der Waals surface area contributed by atoms with Crippen molar-refractivity contribution in [2.24, 2.45) is 10.9 Å². The van der Waals surface area contributed by atoms with Crippen molar-refractivity contribution in [1.82, 2.24) is 4.57 Å². The highest BCUT2D eigenvalue weighted by molar-refractivity contribution is 7.92. The van der Waals surface area contributed by atoms with Gasteiger partial charge in [0.2, 0.25) is 5.91 Å². The molecule has 43 heavy (non-hydrogen) atoms. The number of thiazole rings is 1. The summed E-state index contributed by atoms with van der Waals surface area (Å²) in [7, 11) is -3.16. The molecule has 1 aromatic carbocycles. The molecule has 3 aromatic rings. The van der Waals surface area contributed by atoms with Crippen LogP contribution in [-0.4, -0.2) is 66.9 Å². The van der Waals surface area contributed by atoms with Gasteiger partial charge < -0.3 is 19.4 Å². The second-order valence-corrected chi connectivity index (χ2v) is 14.0. The Labute approximate surface area is 253 Å². The average molecular weight is 653 g/mol. The monoisotopic (exact) mass is 652 g/mol. The third-order valence-corrected chi connectivity index (χ3v) is 10.2. The van der Waals surface area contributed by atoms with E-state index < -0.39 is 50.0 Å². The number of aromatic nitrogens is 1. The number of anilines is 1. The van der Waals surface area contributed by atoms with Crippen molar-refractivity contribution in [2.75, 3.05) is 30.5 Å². The summed E-state index contributed by atoms with van der Waals surface area (Å²) < 4.78 is 37.1. The number of carbonyl (C=O) groups is 4. The fourth-order valence-electron chi connectivity index (χ4n) is 4.61. The van der Waals surface area contributed by atoms with E-state index >= 15 is 0 Å². The maximum atomic E-state index is 12.8. The maximum Gasteiger partial charge on any atom is 0.341 e. The number of hydrogen-bond acceptors (Lipinski definition) is 12. The van der Waals surface area contributed by atoms with E-state index in [2.05, 4.69) is 22.0 Å². The van der Waals surface area contributed by atoms with E-state index in [9.17, 15) is 37.7 Å². The number of sulfone groups is 1. The van der Waals surface area contributed by atoms with Gasteiger partial charge in [-0.2, -0.15) is 4.99 Å². The lowest BCUT2D eigenvalue weighted by molar-refractivity contribution is -0.384. The Bertz CT molecular complexity index is 1800. The Morgan fingerprint density at radius 2 is 1.95 bits per heavy atom. The molecule has 0 aliphatic heterocycles. The topological polar surface area (TPSA) is 193 Å². The third-order valence-electron chi connectivity index (χ3n) is 6.55. The number of hydrogen-bond donors (Lipinski definition) is 1. The second-order valence-electron chi connectivity index (χ2n) is 9.82. The van der Waals surface area contributed by atoms with Crippen LogP contribution in [0.25, 0.3) is 10.2 Å². The smallest absolute Gasteiger partial charge is 0.341 e. The summed E-state index contributed by atoms with van der Waals surface area (Å²) in [5.74, 6) is -5.10. The van der Waals surface area contributed by atoms with Crippen molar-refractivity contribution in [3.05, 3.63) is 49.1 Å². The first kappa shape index (κ1) is 32.0. The minimum Gasteiger partial charge on any atom is -0.468 e. The number of esters is 2. The van der Waals surface area contributed by atoms with Crippen molar-refractivity contribution in [3.8, 4) is 0 Å². The average Bonchev–Trinajstić information content (AvgIpc) is 3.43. The Morgan fingerprint density at radius 1 is 1.21 bits per heavy atom. The molecule has 1 aliphatic rings.